The molecule has 0 atom stereocenters. The summed E-state index contributed by atoms with van der Waals surface area (Å²) in [5.74, 6) is 0.435. The van der Waals surface area contributed by atoms with E-state index in [9.17, 15) is 9.59 Å². The molecule has 0 fully saturated rings. The Kier molecular flexibility index (Phi) is 8.55. The van der Waals surface area contributed by atoms with Crippen LogP contribution in [-0.4, -0.2) is 33.4 Å². The van der Waals surface area contributed by atoms with Crippen LogP contribution >= 0.6 is 11.6 Å². The molecular formula is C30H31ClN6O3. The Bertz CT molecular complexity index is 1590. The van der Waals surface area contributed by atoms with E-state index in [0.717, 1.165) is 22.3 Å². The number of amides is 3. The highest BCUT2D eigenvalue weighted by molar-refractivity contribution is 6.28. The van der Waals surface area contributed by atoms with Crippen molar-refractivity contribution in [1.82, 2.24) is 15.1 Å². The quantitative estimate of drug-likeness (QED) is 0.104. The van der Waals surface area contributed by atoms with Crippen LogP contribution < -0.4 is 20.8 Å². The standard InChI is InChI=1S/C30H31ClN6O3/c1-6-26(33-28(38)18-31)36-40-24-16-15-23(21-9-7-8-10-22(21)24)32-29(39)34-27-17-25(30(3,4)5)35-37(27)20-13-11-19(2)12-14-20/h6-17H,1,18H2,2-5H3,(H2,32,34,39)(H,33,36,38). The van der Waals surface area contributed by atoms with Gasteiger partial charge in [-0.3, -0.25) is 10.1 Å². The van der Waals surface area contributed by atoms with Crippen LogP contribution in [0.5, 0.6) is 5.75 Å². The summed E-state index contributed by atoms with van der Waals surface area (Å²) in [7, 11) is 0. The number of aromatic nitrogens is 2. The van der Waals surface area contributed by atoms with Crippen LogP contribution in [0.2, 0.25) is 0 Å². The summed E-state index contributed by atoms with van der Waals surface area (Å²) in [5.41, 5.74) is 3.17. The number of carbonyl (C=O) groups is 2. The Morgan fingerprint density at radius 2 is 1.75 bits per heavy atom. The highest BCUT2D eigenvalue weighted by Gasteiger charge is 2.22. The smallest absolute Gasteiger partial charge is 0.324 e. The lowest BCUT2D eigenvalue weighted by Crippen LogP contribution is -2.30. The van der Waals surface area contributed by atoms with Gasteiger partial charge in [0.15, 0.2) is 11.6 Å². The van der Waals surface area contributed by atoms with Crippen molar-refractivity contribution < 1.29 is 14.4 Å². The second-order valence-electron chi connectivity index (χ2n) is 10.1. The van der Waals surface area contributed by atoms with Gasteiger partial charge >= 0.3 is 6.03 Å². The molecular weight excluding hydrogens is 528 g/mol. The zero-order valence-corrected chi connectivity index (χ0v) is 23.5. The molecule has 1 heterocycles. The third-order valence-corrected chi connectivity index (χ3v) is 6.20. The summed E-state index contributed by atoms with van der Waals surface area (Å²) in [5, 5.41) is 18.5. The molecule has 0 radical (unpaired) electrons. The summed E-state index contributed by atoms with van der Waals surface area (Å²) in [6.07, 6.45) is 1.35. The highest BCUT2D eigenvalue weighted by atomic mass is 35.5. The molecule has 10 heteroatoms. The van der Waals surface area contributed by atoms with E-state index in [2.05, 4.69) is 48.5 Å². The van der Waals surface area contributed by atoms with Gasteiger partial charge in [-0.1, -0.05) is 74.5 Å². The summed E-state index contributed by atoms with van der Waals surface area (Å²) in [4.78, 5) is 30.4. The van der Waals surface area contributed by atoms with Crippen molar-refractivity contribution in [2.45, 2.75) is 33.1 Å². The van der Waals surface area contributed by atoms with Gasteiger partial charge < -0.3 is 15.5 Å². The normalized spacial score (nSPS) is 11.7. The molecule has 0 bridgehead atoms. The minimum Gasteiger partial charge on any atom is -0.354 e. The van der Waals surface area contributed by atoms with Gasteiger partial charge in [-0.05, 0) is 37.3 Å². The van der Waals surface area contributed by atoms with Crippen molar-refractivity contribution in [3.05, 3.63) is 90.6 Å². The molecule has 3 N–H and O–H groups in total. The lowest BCUT2D eigenvalue weighted by molar-refractivity contribution is -0.117. The zero-order chi connectivity index (χ0) is 28.9. The molecule has 0 aliphatic heterocycles. The van der Waals surface area contributed by atoms with Gasteiger partial charge in [0.1, 0.15) is 11.7 Å². The van der Waals surface area contributed by atoms with E-state index in [1.807, 2.05) is 61.5 Å². The lowest BCUT2D eigenvalue weighted by Gasteiger charge is -2.14. The average molecular weight is 559 g/mol. The van der Waals surface area contributed by atoms with E-state index >= 15 is 0 Å². The first-order chi connectivity index (χ1) is 19.1. The summed E-state index contributed by atoms with van der Waals surface area (Å²) < 4.78 is 1.73. The number of benzene rings is 3. The number of oxime groups is 1. The Labute approximate surface area is 237 Å². The fourth-order valence-corrected chi connectivity index (χ4v) is 3.90. The molecule has 0 saturated heterocycles. The number of urea groups is 1. The number of rotatable bonds is 7. The predicted molar refractivity (Wildman–Crippen MR) is 161 cm³/mol. The summed E-state index contributed by atoms with van der Waals surface area (Å²) in [6, 6.07) is 20.2. The number of hydrogen-bond donors (Lipinski definition) is 3. The van der Waals surface area contributed by atoms with Crippen molar-refractivity contribution >= 4 is 51.7 Å². The van der Waals surface area contributed by atoms with Crippen LogP contribution in [0.3, 0.4) is 0 Å². The number of aryl methyl sites for hydroxylation is 1. The lowest BCUT2D eigenvalue weighted by atomic mass is 9.92. The number of nitrogens with zero attached hydrogens (tertiary/aromatic N) is 3. The van der Waals surface area contributed by atoms with Gasteiger partial charge in [0.25, 0.3) is 0 Å². The molecule has 4 aromatic rings. The van der Waals surface area contributed by atoms with Crippen LogP contribution in [0.15, 0.2) is 84.5 Å². The minimum absolute atomic E-state index is 0.121. The zero-order valence-electron chi connectivity index (χ0n) is 22.8. The SMILES string of the molecule is C=C/C(=N\Oc1ccc(NC(=O)Nc2cc(C(C)(C)C)nn2-c2ccc(C)cc2)c2ccccc12)NC(=O)CCl. The van der Waals surface area contributed by atoms with Crippen molar-refractivity contribution in [2.24, 2.45) is 5.16 Å². The number of halogens is 1. The van der Waals surface area contributed by atoms with Gasteiger partial charge in [0.05, 0.1) is 17.1 Å². The first-order valence-corrected chi connectivity index (χ1v) is 13.1. The first kappa shape index (κ1) is 28.4. The fourth-order valence-electron chi connectivity index (χ4n) is 3.84. The van der Waals surface area contributed by atoms with Gasteiger partial charge in [0, 0.05) is 22.3 Å². The Morgan fingerprint density at radius 3 is 2.40 bits per heavy atom. The number of nitrogens with one attached hydrogen (secondary N) is 3. The van der Waals surface area contributed by atoms with Crippen LogP contribution in [-0.2, 0) is 10.2 Å². The Hall–Kier alpha value is -4.63. The third-order valence-electron chi connectivity index (χ3n) is 5.95. The maximum atomic E-state index is 13.2. The Balaban J connectivity index is 1.60. The van der Waals surface area contributed by atoms with E-state index < -0.39 is 11.9 Å². The maximum Gasteiger partial charge on any atom is 0.324 e. The van der Waals surface area contributed by atoms with Crippen molar-refractivity contribution in [1.29, 1.82) is 0 Å². The van der Waals surface area contributed by atoms with Gasteiger partial charge in [-0.2, -0.15) is 5.10 Å². The molecule has 0 aliphatic rings. The van der Waals surface area contributed by atoms with E-state index in [0.29, 0.717) is 22.6 Å². The maximum absolute atomic E-state index is 13.2. The molecule has 0 aliphatic carbocycles. The minimum atomic E-state index is -0.433. The number of fused-ring (bicyclic) bond motifs is 1. The van der Waals surface area contributed by atoms with Crippen molar-refractivity contribution in [3.8, 4) is 11.4 Å². The van der Waals surface area contributed by atoms with Gasteiger partial charge in [0.2, 0.25) is 5.91 Å². The van der Waals surface area contributed by atoms with Gasteiger partial charge in [-0.15, -0.1) is 11.6 Å². The third kappa shape index (κ3) is 6.68. The second-order valence-corrected chi connectivity index (χ2v) is 10.4. The van der Waals surface area contributed by atoms with Crippen LogP contribution in [0.1, 0.15) is 32.0 Å². The molecule has 206 valence electrons. The predicted octanol–water partition coefficient (Wildman–Crippen LogP) is 6.51. The Morgan fingerprint density at radius 1 is 1.05 bits per heavy atom. The number of carbonyl (C=O) groups excluding carboxylic acids is 2. The summed E-state index contributed by atoms with van der Waals surface area (Å²) in [6.45, 7) is 11.9. The van der Waals surface area contributed by atoms with E-state index in [-0.39, 0.29) is 17.1 Å². The van der Waals surface area contributed by atoms with E-state index in [1.165, 1.54) is 6.08 Å². The van der Waals surface area contributed by atoms with Crippen LogP contribution in [0, 0.1) is 6.92 Å². The molecule has 0 spiro atoms. The fraction of sp³-hybridized carbons (Fsp3) is 0.200. The van der Waals surface area contributed by atoms with Crippen LogP contribution in [0.25, 0.3) is 16.5 Å². The number of alkyl halides is 1. The number of anilines is 2. The van der Waals surface area contributed by atoms with Crippen molar-refractivity contribution in [2.75, 3.05) is 16.5 Å². The van der Waals surface area contributed by atoms with Gasteiger partial charge in [-0.25, -0.2) is 9.48 Å². The molecule has 0 unspecified atom stereocenters. The topological polar surface area (TPSA) is 110 Å². The second kappa shape index (κ2) is 12.0. The first-order valence-electron chi connectivity index (χ1n) is 12.6. The monoisotopic (exact) mass is 558 g/mol. The molecule has 0 saturated carbocycles. The summed E-state index contributed by atoms with van der Waals surface area (Å²) >= 11 is 5.54. The number of amidine groups is 1. The number of hydrogen-bond acceptors (Lipinski definition) is 5. The molecule has 4 rings (SSSR count). The van der Waals surface area contributed by atoms with E-state index in [4.69, 9.17) is 21.5 Å². The molecule has 3 aromatic carbocycles. The molecule has 9 nitrogen and oxygen atoms in total. The van der Waals surface area contributed by atoms with Crippen molar-refractivity contribution in [3.63, 3.8) is 0 Å². The largest absolute Gasteiger partial charge is 0.354 e. The van der Waals surface area contributed by atoms with Crippen LogP contribution in [0.4, 0.5) is 16.3 Å². The van der Waals surface area contributed by atoms with E-state index in [1.54, 1.807) is 16.8 Å². The average Bonchev–Trinajstić information content (AvgIpc) is 3.36. The molecule has 40 heavy (non-hydrogen) atoms. The molecule has 3 amide bonds. The highest BCUT2D eigenvalue weighted by Crippen LogP contribution is 2.32. The molecule has 1 aromatic heterocycles.